The minimum absolute atomic E-state index is 0.0750. The third-order valence-corrected chi connectivity index (χ3v) is 3.53. The molecule has 5 heteroatoms. The first-order chi connectivity index (χ1) is 9.57. The van der Waals surface area contributed by atoms with Crippen molar-refractivity contribution in [3.05, 3.63) is 30.3 Å². The van der Waals surface area contributed by atoms with Gasteiger partial charge in [0.05, 0.1) is 18.6 Å². The number of amides is 2. The Labute approximate surface area is 118 Å². The average molecular weight is 276 g/mol. The van der Waals surface area contributed by atoms with E-state index in [1.807, 2.05) is 18.2 Å². The van der Waals surface area contributed by atoms with E-state index in [2.05, 4.69) is 10.6 Å². The fourth-order valence-corrected chi connectivity index (χ4v) is 2.48. The van der Waals surface area contributed by atoms with Crippen LogP contribution < -0.4 is 10.6 Å². The van der Waals surface area contributed by atoms with Crippen molar-refractivity contribution in [1.29, 1.82) is 0 Å². The van der Waals surface area contributed by atoms with Gasteiger partial charge in [0.1, 0.15) is 0 Å². The molecule has 0 aromatic heterocycles. The van der Waals surface area contributed by atoms with Crippen molar-refractivity contribution in [2.45, 2.75) is 37.7 Å². The van der Waals surface area contributed by atoms with Crippen molar-refractivity contribution in [3.63, 3.8) is 0 Å². The maximum absolute atomic E-state index is 11.7. The number of hydrogen-bond donors (Lipinski definition) is 3. The fourth-order valence-electron chi connectivity index (χ4n) is 2.48. The van der Waals surface area contributed by atoms with E-state index in [0.29, 0.717) is 18.5 Å². The summed E-state index contributed by atoms with van der Waals surface area (Å²) in [6, 6.07) is 9.06. The Balaban J connectivity index is 1.72. The summed E-state index contributed by atoms with van der Waals surface area (Å²) >= 11 is 0. The first kappa shape index (κ1) is 14.5. The largest absolute Gasteiger partial charge is 0.389 e. The Morgan fingerprint density at radius 3 is 2.40 bits per heavy atom. The van der Waals surface area contributed by atoms with Crippen molar-refractivity contribution in [2.24, 2.45) is 0 Å². The van der Waals surface area contributed by atoms with Gasteiger partial charge in [-0.25, -0.2) is 0 Å². The van der Waals surface area contributed by atoms with Gasteiger partial charge in [-0.2, -0.15) is 0 Å². The average Bonchev–Trinajstić information content (AvgIpc) is 2.84. The van der Waals surface area contributed by atoms with Crippen molar-refractivity contribution < 1.29 is 14.7 Å². The van der Waals surface area contributed by atoms with E-state index in [-0.39, 0.29) is 24.8 Å². The molecule has 20 heavy (non-hydrogen) atoms. The standard InChI is InChI=1S/C15H20N2O3/c18-13(10-15(20)8-4-5-9-15)16-11-14(19)17-12-6-2-1-3-7-12/h1-3,6-7,20H,4-5,8-11H2,(H,16,18)(H,17,19). The van der Waals surface area contributed by atoms with E-state index in [1.165, 1.54) is 0 Å². The lowest BCUT2D eigenvalue weighted by Gasteiger charge is -2.20. The Morgan fingerprint density at radius 2 is 1.75 bits per heavy atom. The molecule has 0 aliphatic heterocycles. The minimum Gasteiger partial charge on any atom is -0.389 e. The first-order valence-electron chi connectivity index (χ1n) is 6.91. The Bertz CT molecular complexity index is 467. The minimum atomic E-state index is -0.875. The third kappa shape index (κ3) is 4.35. The Hall–Kier alpha value is -1.88. The van der Waals surface area contributed by atoms with Gasteiger partial charge in [-0.3, -0.25) is 9.59 Å². The van der Waals surface area contributed by atoms with Crippen molar-refractivity contribution >= 4 is 17.5 Å². The van der Waals surface area contributed by atoms with Crippen LogP contribution in [-0.2, 0) is 9.59 Å². The van der Waals surface area contributed by atoms with E-state index >= 15 is 0 Å². The Kier molecular flexibility index (Phi) is 4.74. The molecule has 1 aliphatic rings. The molecule has 1 fully saturated rings. The van der Waals surface area contributed by atoms with Crippen LogP contribution in [-0.4, -0.2) is 29.1 Å². The highest BCUT2D eigenvalue weighted by Crippen LogP contribution is 2.32. The first-order valence-corrected chi connectivity index (χ1v) is 6.91. The van der Waals surface area contributed by atoms with Crippen molar-refractivity contribution in [2.75, 3.05) is 11.9 Å². The quantitative estimate of drug-likeness (QED) is 0.761. The summed E-state index contributed by atoms with van der Waals surface area (Å²) in [5.41, 5.74) is -0.179. The summed E-state index contributed by atoms with van der Waals surface area (Å²) in [7, 11) is 0. The van der Waals surface area contributed by atoms with Gasteiger partial charge >= 0.3 is 0 Å². The molecule has 0 heterocycles. The zero-order valence-electron chi connectivity index (χ0n) is 11.4. The highest BCUT2D eigenvalue weighted by Gasteiger charge is 2.33. The number of nitrogens with one attached hydrogen (secondary N) is 2. The summed E-state index contributed by atoms with van der Waals surface area (Å²) < 4.78 is 0. The van der Waals surface area contributed by atoms with Crippen LogP contribution in [0.15, 0.2) is 30.3 Å². The van der Waals surface area contributed by atoms with Gasteiger partial charge in [0.15, 0.2) is 0 Å². The molecule has 2 rings (SSSR count). The van der Waals surface area contributed by atoms with Crippen LogP contribution in [0.3, 0.4) is 0 Å². The summed E-state index contributed by atoms with van der Waals surface area (Å²) in [5.74, 6) is -0.555. The molecule has 0 spiro atoms. The molecule has 2 amide bonds. The van der Waals surface area contributed by atoms with Crippen molar-refractivity contribution in [1.82, 2.24) is 5.32 Å². The van der Waals surface area contributed by atoms with Crippen LogP contribution in [0, 0.1) is 0 Å². The summed E-state index contributed by atoms with van der Waals surface area (Å²) in [6.07, 6.45) is 3.31. The van der Waals surface area contributed by atoms with Crippen LogP contribution in [0.4, 0.5) is 5.69 Å². The maximum Gasteiger partial charge on any atom is 0.243 e. The van der Waals surface area contributed by atoms with Crippen LogP contribution in [0.1, 0.15) is 32.1 Å². The number of carbonyl (C=O) groups is 2. The van der Waals surface area contributed by atoms with Gasteiger partial charge in [0.25, 0.3) is 0 Å². The molecule has 1 aliphatic carbocycles. The predicted molar refractivity (Wildman–Crippen MR) is 76.1 cm³/mol. The molecular formula is C15H20N2O3. The van der Waals surface area contributed by atoms with Gasteiger partial charge < -0.3 is 15.7 Å². The number of benzene rings is 1. The zero-order valence-corrected chi connectivity index (χ0v) is 11.4. The molecule has 0 radical (unpaired) electrons. The molecule has 0 saturated heterocycles. The molecule has 0 bridgehead atoms. The molecule has 1 saturated carbocycles. The van der Waals surface area contributed by atoms with Gasteiger partial charge in [0.2, 0.25) is 11.8 Å². The van der Waals surface area contributed by atoms with E-state index in [1.54, 1.807) is 12.1 Å². The molecule has 3 N–H and O–H groups in total. The lowest BCUT2D eigenvalue weighted by molar-refractivity contribution is -0.128. The zero-order chi connectivity index (χ0) is 14.4. The number of hydrogen-bond acceptors (Lipinski definition) is 3. The van der Waals surface area contributed by atoms with E-state index in [9.17, 15) is 14.7 Å². The predicted octanol–water partition coefficient (Wildman–Crippen LogP) is 1.44. The molecular weight excluding hydrogens is 256 g/mol. The topological polar surface area (TPSA) is 78.4 Å². The van der Waals surface area contributed by atoms with E-state index < -0.39 is 5.60 Å². The smallest absolute Gasteiger partial charge is 0.243 e. The number of rotatable bonds is 5. The SMILES string of the molecule is O=C(CC1(O)CCCC1)NCC(=O)Nc1ccccc1. The highest BCUT2D eigenvalue weighted by molar-refractivity contribution is 5.94. The van der Waals surface area contributed by atoms with Crippen LogP contribution in [0.5, 0.6) is 0 Å². The molecule has 1 aromatic rings. The second-order valence-electron chi connectivity index (χ2n) is 5.30. The number of aliphatic hydroxyl groups is 1. The van der Waals surface area contributed by atoms with Gasteiger partial charge in [-0.1, -0.05) is 31.0 Å². The van der Waals surface area contributed by atoms with Gasteiger partial charge in [-0.05, 0) is 25.0 Å². The van der Waals surface area contributed by atoms with Crippen molar-refractivity contribution in [3.8, 4) is 0 Å². The second kappa shape index (κ2) is 6.52. The van der Waals surface area contributed by atoms with E-state index in [0.717, 1.165) is 12.8 Å². The van der Waals surface area contributed by atoms with Crippen LogP contribution in [0.25, 0.3) is 0 Å². The normalized spacial score (nSPS) is 16.6. The maximum atomic E-state index is 11.7. The Morgan fingerprint density at radius 1 is 1.10 bits per heavy atom. The van der Waals surface area contributed by atoms with Crippen LogP contribution in [0.2, 0.25) is 0 Å². The molecule has 1 aromatic carbocycles. The number of para-hydroxylation sites is 1. The van der Waals surface area contributed by atoms with Gasteiger partial charge in [-0.15, -0.1) is 0 Å². The second-order valence-corrected chi connectivity index (χ2v) is 5.30. The van der Waals surface area contributed by atoms with E-state index in [4.69, 9.17) is 0 Å². The summed E-state index contributed by atoms with van der Waals surface area (Å²) in [5, 5.41) is 15.3. The number of anilines is 1. The monoisotopic (exact) mass is 276 g/mol. The lowest BCUT2D eigenvalue weighted by atomic mass is 9.98. The van der Waals surface area contributed by atoms with Gasteiger partial charge in [0, 0.05) is 5.69 Å². The molecule has 0 unspecified atom stereocenters. The molecule has 108 valence electrons. The highest BCUT2D eigenvalue weighted by atomic mass is 16.3. The fraction of sp³-hybridized carbons (Fsp3) is 0.467. The third-order valence-electron chi connectivity index (χ3n) is 3.53. The number of carbonyl (C=O) groups excluding carboxylic acids is 2. The summed E-state index contributed by atoms with van der Waals surface area (Å²) in [4.78, 5) is 23.4. The van der Waals surface area contributed by atoms with Crippen LogP contribution >= 0.6 is 0 Å². The summed E-state index contributed by atoms with van der Waals surface area (Å²) in [6.45, 7) is -0.0796. The molecule has 5 nitrogen and oxygen atoms in total. The molecule has 0 atom stereocenters. The lowest BCUT2D eigenvalue weighted by Crippen LogP contribution is -2.38.